The minimum Gasteiger partial charge on any atom is -0.378 e. The second kappa shape index (κ2) is 4.68. The first kappa shape index (κ1) is 11.2. The topological polar surface area (TPSA) is 27.1 Å². The second-order valence-electron chi connectivity index (χ2n) is 3.64. The van der Waals surface area contributed by atoms with Crippen LogP contribution in [0.2, 0.25) is 5.02 Å². The number of ether oxygens (including phenoxy) is 1. The molecule has 0 bridgehead atoms. The third-order valence-corrected chi connectivity index (χ3v) is 2.60. The van der Waals surface area contributed by atoms with Gasteiger partial charge in [-0.2, -0.15) is 0 Å². The van der Waals surface area contributed by atoms with E-state index in [2.05, 4.69) is 4.98 Å². The van der Waals surface area contributed by atoms with Gasteiger partial charge >= 0.3 is 0 Å². The van der Waals surface area contributed by atoms with E-state index in [0.29, 0.717) is 6.61 Å². The fourth-order valence-electron chi connectivity index (χ4n) is 1.63. The molecule has 2 rings (SSSR count). The summed E-state index contributed by atoms with van der Waals surface area (Å²) in [6.07, 6.45) is 3.74. The van der Waals surface area contributed by atoms with Crippen molar-refractivity contribution in [2.75, 3.05) is 7.11 Å². The van der Waals surface area contributed by atoms with Gasteiger partial charge in [0.25, 0.3) is 0 Å². The van der Waals surface area contributed by atoms with Gasteiger partial charge in [-0.3, -0.25) is 0 Å². The van der Waals surface area contributed by atoms with Crippen molar-refractivity contribution in [3.8, 4) is 5.69 Å². The third-order valence-electron chi connectivity index (χ3n) is 2.37. The van der Waals surface area contributed by atoms with Crippen molar-refractivity contribution in [2.45, 2.75) is 13.5 Å². The molecule has 0 unspecified atom stereocenters. The fourth-order valence-corrected chi connectivity index (χ4v) is 1.85. The lowest BCUT2D eigenvalue weighted by Crippen LogP contribution is -1.93. The van der Waals surface area contributed by atoms with Gasteiger partial charge in [0.15, 0.2) is 0 Å². The van der Waals surface area contributed by atoms with Gasteiger partial charge in [-0.25, -0.2) is 4.98 Å². The molecule has 16 heavy (non-hydrogen) atoms. The minimum atomic E-state index is 0.527. The highest BCUT2D eigenvalue weighted by Gasteiger charge is 2.03. The van der Waals surface area contributed by atoms with E-state index in [4.69, 9.17) is 16.3 Å². The number of nitrogens with zero attached hydrogens (tertiary/aromatic N) is 2. The van der Waals surface area contributed by atoms with Crippen molar-refractivity contribution in [3.05, 3.63) is 47.0 Å². The predicted molar refractivity (Wildman–Crippen MR) is 64.0 cm³/mol. The van der Waals surface area contributed by atoms with E-state index < -0.39 is 0 Å². The normalized spacial score (nSPS) is 10.7. The predicted octanol–water partition coefficient (Wildman–Crippen LogP) is 2.98. The zero-order valence-corrected chi connectivity index (χ0v) is 10.0. The molecule has 0 aliphatic carbocycles. The van der Waals surface area contributed by atoms with Crippen LogP contribution >= 0.6 is 11.6 Å². The maximum absolute atomic E-state index is 5.91. The van der Waals surface area contributed by atoms with Crippen molar-refractivity contribution in [2.24, 2.45) is 0 Å². The molecule has 1 aromatic carbocycles. The lowest BCUT2D eigenvalue weighted by atomic mass is 10.2. The number of methoxy groups -OCH3 is 1. The Morgan fingerprint density at radius 2 is 2.25 bits per heavy atom. The lowest BCUT2D eigenvalue weighted by molar-refractivity contribution is 0.182. The summed E-state index contributed by atoms with van der Waals surface area (Å²) in [6.45, 7) is 2.55. The average Bonchev–Trinajstić information content (AvgIpc) is 2.67. The molecule has 3 nitrogen and oxygen atoms in total. The van der Waals surface area contributed by atoms with Crippen LogP contribution in [-0.4, -0.2) is 16.7 Å². The Kier molecular flexibility index (Phi) is 3.27. The Bertz CT molecular complexity index is 494. The summed E-state index contributed by atoms with van der Waals surface area (Å²) in [5.41, 5.74) is 3.12. The van der Waals surface area contributed by atoms with E-state index >= 15 is 0 Å². The number of aromatic nitrogens is 2. The van der Waals surface area contributed by atoms with E-state index in [1.807, 2.05) is 35.9 Å². The summed E-state index contributed by atoms with van der Waals surface area (Å²) >= 11 is 5.91. The molecule has 0 spiro atoms. The second-order valence-corrected chi connectivity index (χ2v) is 4.07. The van der Waals surface area contributed by atoms with Crippen LogP contribution in [-0.2, 0) is 11.3 Å². The number of rotatable bonds is 3. The van der Waals surface area contributed by atoms with E-state index in [1.165, 1.54) is 0 Å². The van der Waals surface area contributed by atoms with Crippen LogP contribution in [0.5, 0.6) is 0 Å². The highest BCUT2D eigenvalue weighted by molar-refractivity contribution is 6.30. The summed E-state index contributed by atoms with van der Waals surface area (Å²) in [5, 5.41) is 0.749. The SMILES string of the molecule is COCc1cn(-c2ccc(Cl)cc2C)cn1. The molecule has 84 valence electrons. The van der Waals surface area contributed by atoms with Crippen LogP contribution in [0.3, 0.4) is 0 Å². The van der Waals surface area contributed by atoms with Crippen molar-refractivity contribution in [1.29, 1.82) is 0 Å². The monoisotopic (exact) mass is 236 g/mol. The number of hydrogen-bond donors (Lipinski definition) is 0. The van der Waals surface area contributed by atoms with E-state index in [9.17, 15) is 0 Å². The fraction of sp³-hybridized carbons (Fsp3) is 0.250. The number of hydrogen-bond acceptors (Lipinski definition) is 2. The summed E-state index contributed by atoms with van der Waals surface area (Å²) in [5.74, 6) is 0. The number of halogens is 1. The van der Waals surface area contributed by atoms with Gasteiger partial charge in [-0.1, -0.05) is 11.6 Å². The highest BCUT2D eigenvalue weighted by Crippen LogP contribution is 2.19. The molecule has 4 heteroatoms. The summed E-state index contributed by atoms with van der Waals surface area (Å²) in [4.78, 5) is 4.25. The quantitative estimate of drug-likeness (QED) is 0.819. The molecule has 0 aliphatic rings. The largest absolute Gasteiger partial charge is 0.378 e. The zero-order chi connectivity index (χ0) is 11.5. The molecular formula is C12H13ClN2O. The number of benzene rings is 1. The Morgan fingerprint density at radius 1 is 1.44 bits per heavy atom. The first-order valence-electron chi connectivity index (χ1n) is 4.99. The van der Waals surface area contributed by atoms with Crippen molar-refractivity contribution in [1.82, 2.24) is 9.55 Å². The summed E-state index contributed by atoms with van der Waals surface area (Å²) in [6, 6.07) is 5.79. The molecule has 0 atom stereocenters. The Labute approximate surface area is 99.6 Å². The van der Waals surface area contributed by atoms with Gasteiger partial charge < -0.3 is 9.30 Å². The Hall–Kier alpha value is -1.32. The van der Waals surface area contributed by atoms with Crippen LogP contribution in [0.25, 0.3) is 5.69 Å². The van der Waals surface area contributed by atoms with Gasteiger partial charge in [0, 0.05) is 24.0 Å². The van der Waals surface area contributed by atoms with E-state index in [-0.39, 0.29) is 0 Å². The molecular weight excluding hydrogens is 224 g/mol. The van der Waals surface area contributed by atoms with Gasteiger partial charge in [-0.05, 0) is 30.7 Å². The van der Waals surface area contributed by atoms with Crippen LogP contribution in [0.4, 0.5) is 0 Å². The maximum Gasteiger partial charge on any atom is 0.0996 e. The summed E-state index contributed by atoms with van der Waals surface area (Å²) < 4.78 is 7.00. The molecule has 1 heterocycles. The molecule has 0 fully saturated rings. The maximum atomic E-state index is 5.91. The molecule has 0 amide bonds. The van der Waals surface area contributed by atoms with E-state index in [1.54, 1.807) is 13.4 Å². The van der Waals surface area contributed by atoms with Gasteiger partial charge in [-0.15, -0.1) is 0 Å². The van der Waals surface area contributed by atoms with Crippen LogP contribution in [0.1, 0.15) is 11.3 Å². The molecule has 0 saturated carbocycles. The number of aryl methyl sites for hydroxylation is 1. The lowest BCUT2D eigenvalue weighted by Gasteiger charge is -2.06. The molecule has 2 aromatic rings. The van der Waals surface area contributed by atoms with Gasteiger partial charge in [0.2, 0.25) is 0 Å². The van der Waals surface area contributed by atoms with Gasteiger partial charge in [0.05, 0.1) is 18.6 Å². The minimum absolute atomic E-state index is 0.527. The zero-order valence-electron chi connectivity index (χ0n) is 9.27. The third kappa shape index (κ3) is 2.26. The first-order valence-corrected chi connectivity index (χ1v) is 5.37. The van der Waals surface area contributed by atoms with E-state index in [0.717, 1.165) is 22.0 Å². The standard InChI is InChI=1S/C12H13ClN2O/c1-9-5-10(13)3-4-12(9)15-6-11(7-16-2)14-8-15/h3-6,8H,7H2,1-2H3. The number of imidazole rings is 1. The van der Waals surface area contributed by atoms with Crippen molar-refractivity contribution in [3.63, 3.8) is 0 Å². The molecule has 0 saturated heterocycles. The highest BCUT2D eigenvalue weighted by atomic mass is 35.5. The first-order chi connectivity index (χ1) is 7.70. The van der Waals surface area contributed by atoms with Crippen LogP contribution in [0.15, 0.2) is 30.7 Å². The smallest absolute Gasteiger partial charge is 0.0996 e. The molecule has 1 aromatic heterocycles. The van der Waals surface area contributed by atoms with Crippen molar-refractivity contribution < 1.29 is 4.74 Å². The van der Waals surface area contributed by atoms with Crippen molar-refractivity contribution >= 4 is 11.6 Å². The molecule has 0 aliphatic heterocycles. The Morgan fingerprint density at radius 3 is 2.94 bits per heavy atom. The van der Waals surface area contributed by atoms with Crippen LogP contribution < -0.4 is 0 Å². The molecule has 0 radical (unpaired) electrons. The summed E-state index contributed by atoms with van der Waals surface area (Å²) in [7, 11) is 1.66. The molecule has 0 N–H and O–H groups in total. The average molecular weight is 237 g/mol. The van der Waals surface area contributed by atoms with Gasteiger partial charge in [0.1, 0.15) is 0 Å². The van der Waals surface area contributed by atoms with Crippen LogP contribution in [0, 0.1) is 6.92 Å². The Balaban J connectivity index is 2.35.